The Kier molecular flexibility index (Phi) is 7.87. The van der Waals surface area contributed by atoms with Crippen LogP contribution in [0, 0.1) is 0 Å². The Morgan fingerprint density at radius 2 is 1.75 bits per heavy atom. The molecular weight excluding hydrogens is 252 g/mol. The van der Waals surface area contributed by atoms with Crippen molar-refractivity contribution in [1.82, 2.24) is 16.0 Å². The van der Waals surface area contributed by atoms with Crippen LogP contribution in [0.2, 0.25) is 0 Å². The van der Waals surface area contributed by atoms with Gasteiger partial charge in [-0.3, -0.25) is 4.79 Å². The number of carbonyl (C=O) groups excluding carboxylic acids is 1. The molecule has 0 aliphatic rings. The van der Waals surface area contributed by atoms with Gasteiger partial charge in [-0.25, -0.2) is 4.99 Å². The van der Waals surface area contributed by atoms with Gasteiger partial charge in [0.15, 0.2) is 5.96 Å². The van der Waals surface area contributed by atoms with E-state index >= 15 is 0 Å². The standard InChI is InChI=1S/C15H24N4O/c1-3-16-14(20)12-19-15(17-4-2)18-11-10-13-8-6-5-7-9-13/h5-9H,3-4,10-12H2,1-2H3,(H,16,20)(H2,17,18,19). The lowest BCUT2D eigenvalue weighted by Gasteiger charge is -2.11. The number of hydrogen-bond donors (Lipinski definition) is 3. The summed E-state index contributed by atoms with van der Waals surface area (Å²) in [7, 11) is 0. The number of rotatable bonds is 7. The van der Waals surface area contributed by atoms with Gasteiger partial charge in [0.1, 0.15) is 6.54 Å². The predicted octanol–water partition coefficient (Wildman–Crippen LogP) is 0.920. The van der Waals surface area contributed by atoms with Crippen LogP contribution in [-0.4, -0.2) is 38.0 Å². The maximum atomic E-state index is 11.4. The van der Waals surface area contributed by atoms with Crippen molar-refractivity contribution >= 4 is 11.9 Å². The minimum Gasteiger partial charge on any atom is -0.357 e. The highest BCUT2D eigenvalue weighted by Gasteiger charge is 2.00. The summed E-state index contributed by atoms with van der Waals surface area (Å²) in [5, 5.41) is 9.07. The van der Waals surface area contributed by atoms with E-state index in [0.717, 1.165) is 19.5 Å². The molecule has 0 fully saturated rings. The molecule has 3 N–H and O–H groups in total. The fourth-order valence-electron chi connectivity index (χ4n) is 1.72. The molecule has 0 saturated carbocycles. The highest BCUT2D eigenvalue weighted by atomic mass is 16.1. The second kappa shape index (κ2) is 9.83. The lowest BCUT2D eigenvalue weighted by molar-refractivity contribution is -0.119. The Labute approximate surface area is 120 Å². The van der Waals surface area contributed by atoms with E-state index in [-0.39, 0.29) is 12.5 Å². The molecule has 1 rings (SSSR count). The largest absolute Gasteiger partial charge is 0.357 e. The molecule has 1 aromatic rings. The number of carbonyl (C=O) groups is 1. The van der Waals surface area contributed by atoms with Crippen molar-refractivity contribution < 1.29 is 4.79 Å². The van der Waals surface area contributed by atoms with Crippen molar-refractivity contribution in [3.05, 3.63) is 35.9 Å². The lowest BCUT2D eigenvalue weighted by atomic mass is 10.1. The van der Waals surface area contributed by atoms with Gasteiger partial charge in [0.2, 0.25) is 5.91 Å². The molecule has 0 saturated heterocycles. The highest BCUT2D eigenvalue weighted by Crippen LogP contribution is 1.97. The van der Waals surface area contributed by atoms with Gasteiger partial charge in [0.05, 0.1) is 0 Å². The number of hydrogen-bond acceptors (Lipinski definition) is 2. The second-order valence-electron chi connectivity index (χ2n) is 4.31. The van der Waals surface area contributed by atoms with Crippen LogP contribution in [0.1, 0.15) is 19.4 Å². The van der Waals surface area contributed by atoms with Gasteiger partial charge in [0.25, 0.3) is 0 Å². The van der Waals surface area contributed by atoms with E-state index in [2.05, 4.69) is 33.1 Å². The topological polar surface area (TPSA) is 65.5 Å². The molecule has 5 heteroatoms. The minimum atomic E-state index is -0.0623. The van der Waals surface area contributed by atoms with E-state index in [9.17, 15) is 4.79 Å². The average molecular weight is 276 g/mol. The maximum Gasteiger partial charge on any atom is 0.241 e. The fourth-order valence-corrected chi connectivity index (χ4v) is 1.72. The summed E-state index contributed by atoms with van der Waals surface area (Å²) in [6, 6.07) is 10.3. The van der Waals surface area contributed by atoms with Crippen LogP contribution in [0.4, 0.5) is 0 Å². The van der Waals surface area contributed by atoms with Gasteiger partial charge >= 0.3 is 0 Å². The monoisotopic (exact) mass is 276 g/mol. The van der Waals surface area contributed by atoms with E-state index in [1.54, 1.807) is 0 Å². The third-order valence-electron chi connectivity index (χ3n) is 2.65. The van der Waals surface area contributed by atoms with E-state index in [1.807, 2.05) is 32.0 Å². The summed E-state index contributed by atoms with van der Waals surface area (Å²) in [5.41, 5.74) is 1.28. The molecule has 5 nitrogen and oxygen atoms in total. The third kappa shape index (κ3) is 6.78. The van der Waals surface area contributed by atoms with Crippen LogP contribution in [-0.2, 0) is 11.2 Å². The van der Waals surface area contributed by atoms with Crippen LogP contribution in [0.5, 0.6) is 0 Å². The SMILES string of the molecule is CCNC(=O)CN=C(NCC)NCCc1ccccc1. The molecule has 0 atom stereocenters. The summed E-state index contributed by atoms with van der Waals surface area (Å²) in [5.74, 6) is 0.613. The van der Waals surface area contributed by atoms with Gasteiger partial charge in [-0.1, -0.05) is 30.3 Å². The number of benzene rings is 1. The summed E-state index contributed by atoms with van der Waals surface area (Å²) in [6.45, 7) is 6.23. The minimum absolute atomic E-state index is 0.0623. The van der Waals surface area contributed by atoms with Crippen molar-refractivity contribution in [2.24, 2.45) is 4.99 Å². The summed E-state index contributed by atoms with van der Waals surface area (Å²) >= 11 is 0. The molecule has 0 aliphatic carbocycles. The van der Waals surface area contributed by atoms with Crippen LogP contribution in [0.15, 0.2) is 35.3 Å². The number of likely N-dealkylation sites (N-methyl/N-ethyl adjacent to an activating group) is 1. The maximum absolute atomic E-state index is 11.4. The zero-order valence-electron chi connectivity index (χ0n) is 12.3. The van der Waals surface area contributed by atoms with Crippen LogP contribution < -0.4 is 16.0 Å². The summed E-state index contributed by atoms with van der Waals surface area (Å²) < 4.78 is 0. The second-order valence-corrected chi connectivity index (χ2v) is 4.31. The number of nitrogens with one attached hydrogen (secondary N) is 3. The Morgan fingerprint density at radius 3 is 2.40 bits per heavy atom. The van der Waals surface area contributed by atoms with Crippen molar-refractivity contribution in [3.63, 3.8) is 0 Å². The van der Waals surface area contributed by atoms with Gasteiger partial charge < -0.3 is 16.0 Å². The molecule has 0 aliphatic heterocycles. The predicted molar refractivity (Wildman–Crippen MR) is 82.8 cm³/mol. The van der Waals surface area contributed by atoms with Gasteiger partial charge in [-0.15, -0.1) is 0 Å². The van der Waals surface area contributed by atoms with E-state index < -0.39 is 0 Å². The van der Waals surface area contributed by atoms with Crippen molar-refractivity contribution in [2.45, 2.75) is 20.3 Å². The zero-order valence-corrected chi connectivity index (χ0v) is 12.3. The first kappa shape index (κ1) is 16.0. The van der Waals surface area contributed by atoms with Gasteiger partial charge in [-0.05, 0) is 25.8 Å². The fraction of sp³-hybridized carbons (Fsp3) is 0.467. The molecule has 1 amide bonds. The first-order chi connectivity index (χ1) is 9.76. The molecule has 0 heterocycles. The molecule has 1 aromatic carbocycles. The van der Waals surface area contributed by atoms with Crippen LogP contribution in [0.3, 0.4) is 0 Å². The molecule has 0 aromatic heterocycles. The first-order valence-corrected chi connectivity index (χ1v) is 7.09. The number of aliphatic imine (C=N–C) groups is 1. The lowest BCUT2D eigenvalue weighted by Crippen LogP contribution is -2.39. The smallest absolute Gasteiger partial charge is 0.241 e. The van der Waals surface area contributed by atoms with E-state index in [4.69, 9.17) is 0 Å². The molecule has 0 radical (unpaired) electrons. The molecule has 0 unspecified atom stereocenters. The zero-order chi connectivity index (χ0) is 14.6. The Hall–Kier alpha value is -2.04. The van der Waals surface area contributed by atoms with Crippen LogP contribution >= 0.6 is 0 Å². The molecule has 110 valence electrons. The Morgan fingerprint density at radius 1 is 1.05 bits per heavy atom. The van der Waals surface area contributed by atoms with Crippen molar-refractivity contribution in [1.29, 1.82) is 0 Å². The Bertz CT molecular complexity index is 417. The van der Waals surface area contributed by atoms with E-state index in [1.165, 1.54) is 5.56 Å². The number of nitrogens with zero attached hydrogens (tertiary/aromatic N) is 1. The average Bonchev–Trinajstić information content (AvgIpc) is 2.46. The first-order valence-electron chi connectivity index (χ1n) is 7.09. The highest BCUT2D eigenvalue weighted by molar-refractivity contribution is 5.84. The molecule has 0 bridgehead atoms. The number of amides is 1. The normalized spacial score (nSPS) is 11.0. The van der Waals surface area contributed by atoms with Crippen molar-refractivity contribution in [3.8, 4) is 0 Å². The van der Waals surface area contributed by atoms with Crippen LogP contribution in [0.25, 0.3) is 0 Å². The number of guanidine groups is 1. The summed E-state index contributed by atoms with van der Waals surface area (Å²) in [6.07, 6.45) is 0.923. The molecule has 20 heavy (non-hydrogen) atoms. The van der Waals surface area contributed by atoms with Gasteiger partial charge in [0, 0.05) is 19.6 Å². The third-order valence-corrected chi connectivity index (χ3v) is 2.65. The summed E-state index contributed by atoms with van der Waals surface area (Å²) in [4.78, 5) is 15.6. The molecule has 0 spiro atoms. The Balaban J connectivity index is 2.38. The quantitative estimate of drug-likeness (QED) is 0.512. The van der Waals surface area contributed by atoms with E-state index in [0.29, 0.717) is 12.5 Å². The van der Waals surface area contributed by atoms with Crippen molar-refractivity contribution in [2.75, 3.05) is 26.2 Å². The van der Waals surface area contributed by atoms with Gasteiger partial charge in [-0.2, -0.15) is 0 Å². The molecular formula is C15H24N4O.